The van der Waals surface area contributed by atoms with Crippen molar-refractivity contribution >= 4 is 24.0 Å². The van der Waals surface area contributed by atoms with Gasteiger partial charge in [0.2, 0.25) is 5.91 Å². The third-order valence-corrected chi connectivity index (χ3v) is 11.4. The van der Waals surface area contributed by atoms with Crippen LogP contribution in [0.1, 0.15) is 33.1 Å². The van der Waals surface area contributed by atoms with E-state index in [1.807, 2.05) is 11.8 Å². The number of thioether (sulfide) groups is 1. The number of carbonyl (C=O) groups excluding carboxylic acids is 1. The lowest BCUT2D eigenvalue weighted by Gasteiger charge is -2.54. The minimum Gasteiger partial charge on any atom is -0.378 e. The standard InChI is InChI=1S/C25H45N7O5S/c1-12-20-19(13(2)30-18(33)10-28-11-26)24(35)32(20)21(25(36)37)22(12)38-15-7-16(29-9-15)23(34)31-6-4-14-8-27-5-3-17(14)31/h11-22,24-25,27,29-30,33,35-37H,3-10H2,1-2H3,(H2,26,28)/t12-,13-,14?,15+,16+,17?,18?,19-,20?,21?,22?,24?/m1/s1. The SMILES string of the molecule is C[C@H]1C(S[C@@H]2CN[C@H](C(=O)N3CCC4CNCCC43)C2)C(C(O)O)N2C(O)[C@H]([C@@H](C)NC(O)CNC=N)C12. The van der Waals surface area contributed by atoms with Crippen molar-refractivity contribution in [2.75, 3.05) is 32.7 Å². The van der Waals surface area contributed by atoms with Gasteiger partial charge in [0.25, 0.3) is 0 Å². The van der Waals surface area contributed by atoms with Crippen molar-refractivity contribution in [3.63, 3.8) is 0 Å². The number of nitrogens with zero attached hydrogens (tertiary/aromatic N) is 2. The molecule has 7 unspecified atom stereocenters. The number of fused-ring (bicyclic) bond motifs is 2. The van der Waals surface area contributed by atoms with Crippen molar-refractivity contribution in [3.8, 4) is 0 Å². The Balaban J connectivity index is 1.20. The zero-order valence-corrected chi connectivity index (χ0v) is 23.1. The summed E-state index contributed by atoms with van der Waals surface area (Å²) in [7, 11) is 0. The summed E-state index contributed by atoms with van der Waals surface area (Å²) >= 11 is 1.71. The van der Waals surface area contributed by atoms with Crippen molar-refractivity contribution < 1.29 is 25.2 Å². The molecule has 216 valence electrons. The summed E-state index contributed by atoms with van der Waals surface area (Å²) in [4.78, 5) is 17.3. The van der Waals surface area contributed by atoms with Crippen molar-refractivity contribution in [2.24, 2.45) is 17.8 Å². The highest BCUT2D eigenvalue weighted by molar-refractivity contribution is 8.00. The molecular weight excluding hydrogens is 510 g/mol. The van der Waals surface area contributed by atoms with Crippen LogP contribution in [0.25, 0.3) is 0 Å². The fraction of sp³-hybridized carbons (Fsp3) is 0.920. The Hall–Kier alpha value is -1.03. The second-order valence-corrected chi connectivity index (χ2v) is 13.3. The molecule has 5 aliphatic heterocycles. The van der Waals surface area contributed by atoms with Crippen LogP contribution in [-0.4, -0.2) is 135 Å². The second kappa shape index (κ2) is 11.8. The van der Waals surface area contributed by atoms with Crippen LogP contribution in [0.5, 0.6) is 0 Å². The maximum absolute atomic E-state index is 13.4. The molecule has 0 aromatic rings. The van der Waals surface area contributed by atoms with E-state index in [-0.39, 0.29) is 52.9 Å². The Kier molecular flexibility index (Phi) is 8.87. The Bertz CT molecular complexity index is 857. The van der Waals surface area contributed by atoms with Crippen LogP contribution in [0.2, 0.25) is 0 Å². The highest BCUT2D eigenvalue weighted by Gasteiger charge is 2.64. The molecule has 5 saturated heterocycles. The zero-order chi connectivity index (χ0) is 27.1. The van der Waals surface area contributed by atoms with Crippen LogP contribution in [0.3, 0.4) is 0 Å². The second-order valence-electron chi connectivity index (χ2n) is 11.8. The summed E-state index contributed by atoms with van der Waals surface area (Å²) in [6, 6.07) is -0.741. The van der Waals surface area contributed by atoms with Crippen molar-refractivity contribution in [1.82, 2.24) is 31.1 Å². The van der Waals surface area contributed by atoms with Crippen molar-refractivity contribution in [2.45, 2.75) is 92.6 Å². The summed E-state index contributed by atoms with van der Waals surface area (Å²) < 4.78 is 0. The maximum Gasteiger partial charge on any atom is 0.240 e. The number of carbonyl (C=O) groups is 1. The summed E-state index contributed by atoms with van der Waals surface area (Å²) in [5, 5.41) is 61.7. The Morgan fingerprint density at radius 3 is 2.79 bits per heavy atom. The van der Waals surface area contributed by atoms with E-state index in [1.165, 1.54) is 0 Å². The molecule has 0 radical (unpaired) electrons. The van der Waals surface area contributed by atoms with E-state index < -0.39 is 24.8 Å². The van der Waals surface area contributed by atoms with E-state index in [9.17, 15) is 25.2 Å². The highest BCUT2D eigenvalue weighted by atomic mass is 32.2. The first-order valence-electron chi connectivity index (χ1n) is 14.1. The topological polar surface area (TPSA) is 176 Å². The zero-order valence-electron chi connectivity index (χ0n) is 22.2. The van der Waals surface area contributed by atoms with Crippen LogP contribution in [0.4, 0.5) is 0 Å². The highest BCUT2D eigenvalue weighted by Crippen LogP contribution is 2.52. The van der Waals surface area contributed by atoms with Gasteiger partial charge in [-0.1, -0.05) is 6.92 Å². The Morgan fingerprint density at radius 2 is 2.05 bits per heavy atom. The predicted octanol–water partition coefficient (Wildman–Crippen LogP) is -2.53. The van der Waals surface area contributed by atoms with Gasteiger partial charge in [0.15, 0.2) is 6.29 Å². The first kappa shape index (κ1) is 28.5. The van der Waals surface area contributed by atoms with Gasteiger partial charge in [-0.05, 0) is 51.1 Å². The number of hydrogen-bond donors (Lipinski definition) is 9. The van der Waals surface area contributed by atoms with E-state index in [0.29, 0.717) is 24.9 Å². The minimum absolute atomic E-state index is 0.0621. The fourth-order valence-corrected chi connectivity index (χ4v) is 9.61. The van der Waals surface area contributed by atoms with Gasteiger partial charge in [-0.2, -0.15) is 11.8 Å². The number of nitrogens with one attached hydrogen (secondary N) is 5. The van der Waals surface area contributed by atoms with Gasteiger partial charge in [0, 0.05) is 47.6 Å². The predicted molar refractivity (Wildman–Crippen MR) is 144 cm³/mol. The summed E-state index contributed by atoms with van der Waals surface area (Å²) in [5.74, 6) is 0.649. The molecule has 5 fully saturated rings. The van der Waals surface area contributed by atoms with Gasteiger partial charge in [-0.15, -0.1) is 0 Å². The van der Waals surface area contributed by atoms with Gasteiger partial charge >= 0.3 is 0 Å². The quantitative estimate of drug-likeness (QED) is 0.0789. The molecule has 5 heterocycles. The molecule has 0 aromatic heterocycles. The average Bonchev–Trinajstić information content (AvgIpc) is 3.59. The molecule has 0 bridgehead atoms. The van der Waals surface area contributed by atoms with E-state index in [4.69, 9.17) is 5.41 Å². The third kappa shape index (κ3) is 5.21. The first-order valence-corrected chi connectivity index (χ1v) is 15.0. The summed E-state index contributed by atoms with van der Waals surface area (Å²) in [5.41, 5.74) is 0. The molecule has 0 aliphatic carbocycles. The normalized spacial score (nSPS) is 42.4. The lowest BCUT2D eigenvalue weighted by atomic mass is 9.77. The molecule has 5 aliphatic rings. The molecule has 9 N–H and O–H groups in total. The van der Waals surface area contributed by atoms with Crippen LogP contribution < -0.4 is 21.3 Å². The lowest BCUT2D eigenvalue weighted by molar-refractivity contribution is -0.221. The number of likely N-dealkylation sites (tertiary alicyclic amines) is 1. The molecule has 1 amide bonds. The van der Waals surface area contributed by atoms with E-state index in [1.54, 1.807) is 11.8 Å². The largest absolute Gasteiger partial charge is 0.378 e. The fourth-order valence-electron chi connectivity index (χ4n) is 7.82. The molecule has 0 spiro atoms. The van der Waals surface area contributed by atoms with Crippen LogP contribution in [0, 0.1) is 23.2 Å². The van der Waals surface area contributed by atoms with Gasteiger partial charge in [0.05, 0.1) is 25.0 Å². The summed E-state index contributed by atoms with van der Waals surface area (Å²) in [6.07, 6.45) is 0.505. The molecule has 13 heteroatoms. The van der Waals surface area contributed by atoms with Crippen LogP contribution >= 0.6 is 11.8 Å². The number of rotatable bonds is 10. The molecule has 38 heavy (non-hydrogen) atoms. The number of aliphatic hydroxyl groups is 4. The average molecular weight is 556 g/mol. The smallest absolute Gasteiger partial charge is 0.240 e. The molecule has 12 nitrogen and oxygen atoms in total. The molecule has 0 saturated carbocycles. The minimum atomic E-state index is -1.59. The Labute approximate surface area is 228 Å². The van der Waals surface area contributed by atoms with Crippen LogP contribution in [0.15, 0.2) is 0 Å². The maximum atomic E-state index is 13.4. The monoisotopic (exact) mass is 555 g/mol. The molecule has 0 aromatic carbocycles. The Morgan fingerprint density at radius 1 is 1.26 bits per heavy atom. The number of hydrogen-bond acceptors (Lipinski definition) is 11. The molecule has 12 atom stereocenters. The van der Waals surface area contributed by atoms with Gasteiger partial charge in [-0.3, -0.25) is 20.4 Å². The van der Waals surface area contributed by atoms with Gasteiger partial charge in [-0.25, -0.2) is 0 Å². The lowest BCUT2D eigenvalue weighted by Crippen LogP contribution is -2.71. The van der Waals surface area contributed by atoms with E-state index in [2.05, 4.69) is 33.1 Å². The van der Waals surface area contributed by atoms with E-state index in [0.717, 1.165) is 38.8 Å². The van der Waals surface area contributed by atoms with Gasteiger partial charge < -0.3 is 41.3 Å². The number of aliphatic hydroxyl groups excluding tert-OH is 3. The van der Waals surface area contributed by atoms with Crippen molar-refractivity contribution in [3.05, 3.63) is 0 Å². The summed E-state index contributed by atoms with van der Waals surface area (Å²) in [6.45, 7) is 7.68. The molecular formula is C25H45N7O5S. The first-order chi connectivity index (χ1) is 18.2. The number of piperidine rings is 1. The van der Waals surface area contributed by atoms with Crippen LogP contribution in [-0.2, 0) is 4.79 Å². The van der Waals surface area contributed by atoms with Gasteiger partial charge in [0.1, 0.15) is 12.5 Å². The molecule has 5 rings (SSSR count). The third-order valence-electron chi connectivity index (χ3n) is 9.61. The van der Waals surface area contributed by atoms with E-state index >= 15 is 0 Å². The number of amides is 1. The van der Waals surface area contributed by atoms with Crippen molar-refractivity contribution in [1.29, 1.82) is 5.41 Å².